The second-order valence-corrected chi connectivity index (χ2v) is 3.89. The zero-order valence-electron chi connectivity index (χ0n) is 9.78. The standard InChI is InChI=1S/C15H13NO2/c17-15(18)14-8-4-7-13(9-14)11-16-10-12-5-2-1-3-6-12/h1-9,11H,10H2,(H,17,18)/b16-11+. The minimum atomic E-state index is -0.923. The van der Waals surface area contributed by atoms with Gasteiger partial charge in [0.25, 0.3) is 0 Å². The highest BCUT2D eigenvalue weighted by Crippen LogP contribution is 2.04. The molecule has 18 heavy (non-hydrogen) atoms. The molecule has 1 N–H and O–H groups in total. The summed E-state index contributed by atoms with van der Waals surface area (Å²) in [4.78, 5) is 15.1. The maximum absolute atomic E-state index is 10.8. The normalized spacial score (nSPS) is 10.7. The van der Waals surface area contributed by atoms with E-state index in [-0.39, 0.29) is 5.56 Å². The lowest BCUT2D eigenvalue weighted by Gasteiger charge is -1.97. The van der Waals surface area contributed by atoms with Gasteiger partial charge in [-0.2, -0.15) is 0 Å². The molecule has 2 aromatic rings. The van der Waals surface area contributed by atoms with E-state index in [1.54, 1.807) is 24.4 Å². The van der Waals surface area contributed by atoms with E-state index in [0.717, 1.165) is 11.1 Å². The molecule has 0 atom stereocenters. The van der Waals surface area contributed by atoms with Crippen LogP contribution in [-0.4, -0.2) is 17.3 Å². The summed E-state index contributed by atoms with van der Waals surface area (Å²) >= 11 is 0. The number of carboxylic acids is 1. The van der Waals surface area contributed by atoms with Crippen molar-refractivity contribution in [2.24, 2.45) is 4.99 Å². The van der Waals surface area contributed by atoms with E-state index in [2.05, 4.69) is 4.99 Å². The van der Waals surface area contributed by atoms with Crippen LogP contribution in [0.15, 0.2) is 59.6 Å². The molecule has 0 aliphatic heterocycles. The van der Waals surface area contributed by atoms with E-state index in [1.165, 1.54) is 0 Å². The van der Waals surface area contributed by atoms with Crippen molar-refractivity contribution in [1.29, 1.82) is 0 Å². The van der Waals surface area contributed by atoms with Crippen molar-refractivity contribution in [1.82, 2.24) is 0 Å². The molecule has 0 radical (unpaired) electrons. The summed E-state index contributed by atoms with van der Waals surface area (Å²) in [5, 5.41) is 8.87. The third-order valence-electron chi connectivity index (χ3n) is 2.49. The maximum Gasteiger partial charge on any atom is 0.335 e. The van der Waals surface area contributed by atoms with Crippen molar-refractivity contribution in [3.05, 3.63) is 71.3 Å². The molecule has 3 nitrogen and oxygen atoms in total. The van der Waals surface area contributed by atoms with Crippen molar-refractivity contribution >= 4 is 12.2 Å². The zero-order chi connectivity index (χ0) is 12.8. The number of carboxylic acid groups (broad SMARTS) is 1. The molecule has 2 aromatic carbocycles. The van der Waals surface area contributed by atoms with E-state index >= 15 is 0 Å². The number of aliphatic imine (C=N–C) groups is 1. The molecule has 3 heteroatoms. The summed E-state index contributed by atoms with van der Waals surface area (Å²) in [6, 6.07) is 16.6. The Hall–Kier alpha value is -2.42. The number of hydrogen-bond acceptors (Lipinski definition) is 2. The molecule has 0 spiro atoms. The van der Waals surface area contributed by atoms with E-state index < -0.39 is 5.97 Å². The fourth-order valence-electron chi connectivity index (χ4n) is 1.59. The van der Waals surface area contributed by atoms with Gasteiger partial charge in [-0.1, -0.05) is 42.5 Å². The highest BCUT2D eigenvalue weighted by atomic mass is 16.4. The third-order valence-corrected chi connectivity index (χ3v) is 2.49. The second kappa shape index (κ2) is 5.77. The summed E-state index contributed by atoms with van der Waals surface area (Å²) in [6.07, 6.45) is 1.69. The Morgan fingerprint density at radius 3 is 2.61 bits per heavy atom. The molecule has 0 aliphatic carbocycles. The first kappa shape index (κ1) is 12.0. The van der Waals surface area contributed by atoms with Crippen LogP contribution in [0.25, 0.3) is 0 Å². The predicted molar refractivity (Wildman–Crippen MR) is 71.1 cm³/mol. The van der Waals surface area contributed by atoms with Gasteiger partial charge < -0.3 is 5.11 Å². The number of nitrogens with zero attached hydrogens (tertiary/aromatic N) is 1. The van der Waals surface area contributed by atoms with Crippen LogP contribution in [0.1, 0.15) is 21.5 Å². The minimum Gasteiger partial charge on any atom is -0.478 e. The average Bonchev–Trinajstić information content (AvgIpc) is 2.40. The summed E-state index contributed by atoms with van der Waals surface area (Å²) < 4.78 is 0. The van der Waals surface area contributed by atoms with E-state index in [9.17, 15) is 4.79 Å². The lowest BCUT2D eigenvalue weighted by Crippen LogP contribution is -1.96. The molecule has 2 rings (SSSR count). The highest BCUT2D eigenvalue weighted by Gasteiger charge is 2.01. The van der Waals surface area contributed by atoms with Gasteiger partial charge in [-0.25, -0.2) is 4.79 Å². The van der Waals surface area contributed by atoms with Crippen LogP contribution >= 0.6 is 0 Å². The number of hydrogen-bond donors (Lipinski definition) is 1. The quantitative estimate of drug-likeness (QED) is 0.834. The Morgan fingerprint density at radius 1 is 1.11 bits per heavy atom. The molecule has 0 amide bonds. The van der Waals surface area contributed by atoms with Gasteiger partial charge in [0.1, 0.15) is 0 Å². The van der Waals surface area contributed by atoms with Gasteiger partial charge in [-0.15, -0.1) is 0 Å². The molecule has 0 unspecified atom stereocenters. The fourth-order valence-corrected chi connectivity index (χ4v) is 1.59. The molecule has 0 fully saturated rings. The summed E-state index contributed by atoms with van der Waals surface area (Å²) in [5.41, 5.74) is 2.20. The van der Waals surface area contributed by atoms with Gasteiger partial charge in [0.2, 0.25) is 0 Å². The lowest BCUT2D eigenvalue weighted by molar-refractivity contribution is 0.0697. The van der Waals surface area contributed by atoms with Gasteiger partial charge in [0.15, 0.2) is 0 Å². The molecule has 0 bridgehead atoms. The van der Waals surface area contributed by atoms with Crippen molar-refractivity contribution in [3.8, 4) is 0 Å². The van der Waals surface area contributed by atoms with Gasteiger partial charge in [0.05, 0.1) is 12.1 Å². The first-order valence-electron chi connectivity index (χ1n) is 5.63. The van der Waals surface area contributed by atoms with Crippen LogP contribution in [0.3, 0.4) is 0 Å². The van der Waals surface area contributed by atoms with Crippen molar-refractivity contribution < 1.29 is 9.90 Å². The topological polar surface area (TPSA) is 49.7 Å². The van der Waals surface area contributed by atoms with Crippen molar-refractivity contribution in [2.45, 2.75) is 6.54 Å². The van der Waals surface area contributed by atoms with E-state index in [1.807, 2.05) is 36.4 Å². The predicted octanol–water partition coefficient (Wildman–Crippen LogP) is 3.00. The fraction of sp³-hybridized carbons (Fsp3) is 0.0667. The molecule has 0 aromatic heterocycles. The molecule has 90 valence electrons. The van der Waals surface area contributed by atoms with Crippen LogP contribution < -0.4 is 0 Å². The van der Waals surface area contributed by atoms with Gasteiger partial charge >= 0.3 is 5.97 Å². The molecule has 0 heterocycles. The maximum atomic E-state index is 10.8. The zero-order valence-corrected chi connectivity index (χ0v) is 9.78. The smallest absolute Gasteiger partial charge is 0.335 e. The first-order chi connectivity index (χ1) is 8.75. The summed E-state index contributed by atoms with van der Waals surface area (Å²) in [7, 11) is 0. The van der Waals surface area contributed by atoms with Crippen LogP contribution in [0.4, 0.5) is 0 Å². The van der Waals surface area contributed by atoms with E-state index in [0.29, 0.717) is 6.54 Å². The first-order valence-corrected chi connectivity index (χ1v) is 5.63. The largest absolute Gasteiger partial charge is 0.478 e. The minimum absolute atomic E-state index is 0.277. The van der Waals surface area contributed by atoms with Crippen LogP contribution in [0.2, 0.25) is 0 Å². The Morgan fingerprint density at radius 2 is 1.89 bits per heavy atom. The Bertz CT molecular complexity index is 562. The summed E-state index contributed by atoms with van der Waals surface area (Å²) in [6.45, 7) is 0.595. The molecule has 0 saturated heterocycles. The molecular weight excluding hydrogens is 226 g/mol. The monoisotopic (exact) mass is 239 g/mol. The second-order valence-electron chi connectivity index (χ2n) is 3.89. The molecule has 0 aliphatic rings. The molecule has 0 saturated carbocycles. The molecular formula is C15H13NO2. The number of rotatable bonds is 4. The van der Waals surface area contributed by atoms with Crippen LogP contribution in [0, 0.1) is 0 Å². The third kappa shape index (κ3) is 3.28. The SMILES string of the molecule is O=C(O)c1cccc(/C=N/Cc2ccccc2)c1. The summed E-state index contributed by atoms with van der Waals surface area (Å²) in [5.74, 6) is -0.923. The Labute approximate surface area is 105 Å². The van der Waals surface area contributed by atoms with Crippen molar-refractivity contribution in [3.63, 3.8) is 0 Å². The average molecular weight is 239 g/mol. The van der Waals surface area contributed by atoms with Gasteiger partial charge in [-0.3, -0.25) is 4.99 Å². The highest BCUT2D eigenvalue weighted by molar-refractivity contribution is 5.90. The number of aromatic carboxylic acids is 1. The van der Waals surface area contributed by atoms with E-state index in [4.69, 9.17) is 5.11 Å². The van der Waals surface area contributed by atoms with Gasteiger partial charge in [0, 0.05) is 6.21 Å². The Kier molecular flexibility index (Phi) is 3.86. The van der Waals surface area contributed by atoms with Crippen LogP contribution in [0.5, 0.6) is 0 Å². The Balaban J connectivity index is 2.05. The van der Waals surface area contributed by atoms with Crippen molar-refractivity contribution in [2.75, 3.05) is 0 Å². The lowest BCUT2D eigenvalue weighted by atomic mass is 10.1. The van der Waals surface area contributed by atoms with Crippen LogP contribution in [-0.2, 0) is 6.54 Å². The number of benzene rings is 2. The number of carbonyl (C=O) groups is 1. The van der Waals surface area contributed by atoms with Gasteiger partial charge in [-0.05, 0) is 23.3 Å².